The molecule has 314 valence electrons. The highest BCUT2D eigenvalue weighted by molar-refractivity contribution is 6.11. The van der Waals surface area contributed by atoms with Crippen LogP contribution in [0, 0.1) is 0 Å². The molecule has 10 aromatic carbocycles. The van der Waals surface area contributed by atoms with Gasteiger partial charge in [-0.15, -0.1) is 0 Å². The summed E-state index contributed by atoms with van der Waals surface area (Å²) in [6.45, 7) is 9.40. The van der Waals surface area contributed by atoms with E-state index in [1.165, 1.54) is 105 Å². The van der Waals surface area contributed by atoms with Gasteiger partial charge in [0.25, 0.3) is 0 Å². The lowest BCUT2D eigenvalue weighted by atomic mass is 9.82. The Morgan fingerprint density at radius 2 is 0.864 bits per heavy atom. The topological polar surface area (TPSA) is 8.17 Å². The van der Waals surface area contributed by atoms with Gasteiger partial charge in [0.05, 0.1) is 16.7 Å². The van der Waals surface area contributed by atoms with Gasteiger partial charge in [-0.05, 0) is 139 Å². The van der Waals surface area contributed by atoms with Gasteiger partial charge in [0.2, 0.25) is 0 Å². The van der Waals surface area contributed by atoms with E-state index in [0.717, 1.165) is 17.1 Å². The van der Waals surface area contributed by atoms with Gasteiger partial charge < -0.3 is 9.47 Å². The first-order valence-electron chi connectivity index (χ1n) is 23.3. The number of nitrogens with zero attached hydrogens (tertiary/aromatic N) is 2. The Bertz CT molecular complexity index is 3780. The van der Waals surface area contributed by atoms with Crippen LogP contribution in [0.5, 0.6) is 0 Å². The maximum absolute atomic E-state index is 2.45. The van der Waals surface area contributed by atoms with Gasteiger partial charge in [-0.2, -0.15) is 0 Å². The number of hydrogen-bond donors (Lipinski definition) is 0. The van der Waals surface area contributed by atoms with E-state index in [2.05, 4.69) is 256 Å². The van der Waals surface area contributed by atoms with Crippen LogP contribution in [0.25, 0.3) is 82.8 Å². The molecule has 0 radical (unpaired) electrons. The Kier molecular flexibility index (Phi) is 8.33. The summed E-state index contributed by atoms with van der Waals surface area (Å²) >= 11 is 0. The van der Waals surface area contributed by atoms with Gasteiger partial charge in [0.1, 0.15) is 0 Å². The highest BCUT2D eigenvalue weighted by Crippen LogP contribution is 2.52. The van der Waals surface area contributed by atoms with Crippen molar-refractivity contribution in [3.8, 4) is 50.2 Å². The number of anilines is 3. The molecule has 1 aromatic heterocycles. The number of hydrogen-bond acceptors (Lipinski definition) is 1. The van der Waals surface area contributed by atoms with E-state index >= 15 is 0 Å². The number of para-hydroxylation sites is 1. The second kappa shape index (κ2) is 14.3. The predicted octanol–water partition coefficient (Wildman–Crippen LogP) is 17.4. The fourth-order valence-corrected chi connectivity index (χ4v) is 11.7. The Hall–Kier alpha value is -7.94. The van der Waals surface area contributed by atoms with Gasteiger partial charge in [-0.1, -0.05) is 179 Å². The largest absolute Gasteiger partial charge is 0.310 e. The third-order valence-corrected chi connectivity index (χ3v) is 15.0. The Morgan fingerprint density at radius 3 is 1.62 bits per heavy atom. The van der Waals surface area contributed by atoms with Gasteiger partial charge in [-0.3, -0.25) is 0 Å². The first kappa shape index (κ1) is 38.5. The highest BCUT2D eigenvalue weighted by Gasteiger charge is 2.37. The number of rotatable bonds is 6. The second-order valence-corrected chi connectivity index (χ2v) is 19.4. The standard InChI is InChI=1S/C64H48N2/c1-63(2)56-26-10-7-23-50(56)53-39-47(31-33-58(53)63)65(60-29-15-17-41-16-5-6-22-49(41)60)46-21-14-20-44(37-46)42-18-13-19-43(36-42)45-30-35-62-55(38-45)52-25-9-12-28-61(52)66(62)48-32-34-59-54(40-48)51-24-8-11-27-57(51)64(59,3)4/h5-40H,1-4H3. The molecule has 2 nitrogen and oxygen atoms in total. The molecule has 11 aromatic rings. The lowest BCUT2D eigenvalue weighted by molar-refractivity contribution is 0.660. The monoisotopic (exact) mass is 844 g/mol. The number of aromatic nitrogens is 1. The van der Waals surface area contributed by atoms with E-state index in [0.29, 0.717) is 0 Å². The minimum Gasteiger partial charge on any atom is -0.310 e. The highest BCUT2D eigenvalue weighted by atomic mass is 15.1. The molecule has 0 bridgehead atoms. The van der Waals surface area contributed by atoms with Crippen molar-refractivity contribution in [2.45, 2.75) is 38.5 Å². The van der Waals surface area contributed by atoms with Gasteiger partial charge in [-0.25, -0.2) is 0 Å². The summed E-state index contributed by atoms with van der Waals surface area (Å²) in [4.78, 5) is 2.45. The van der Waals surface area contributed by atoms with Crippen molar-refractivity contribution in [3.63, 3.8) is 0 Å². The maximum atomic E-state index is 2.45. The Balaban J connectivity index is 0.911. The molecular formula is C64H48N2. The third kappa shape index (κ3) is 5.67. The Morgan fingerprint density at radius 1 is 0.333 bits per heavy atom. The second-order valence-electron chi connectivity index (χ2n) is 19.4. The van der Waals surface area contributed by atoms with Gasteiger partial charge >= 0.3 is 0 Å². The van der Waals surface area contributed by atoms with Gasteiger partial charge in [0.15, 0.2) is 0 Å². The van der Waals surface area contributed by atoms with Crippen molar-refractivity contribution in [2.75, 3.05) is 4.90 Å². The molecule has 0 saturated carbocycles. The van der Waals surface area contributed by atoms with Crippen LogP contribution in [0.3, 0.4) is 0 Å². The molecule has 0 unspecified atom stereocenters. The lowest BCUT2D eigenvalue weighted by Gasteiger charge is -2.28. The third-order valence-electron chi connectivity index (χ3n) is 15.0. The molecule has 0 atom stereocenters. The molecule has 66 heavy (non-hydrogen) atoms. The molecule has 0 amide bonds. The molecule has 0 N–H and O–H groups in total. The summed E-state index contributed by atoms with van der Waals surface area (Å²) in [7, 11) is 0. The summed E-state index contributed by atoms with van der Waals surface area (Å²) in [6, 6.07) is 81.4. The van der Waals surface area contributed by atoms with Crippen molar-refractivity contribution >= 4 is 49.6 Å². The number of fused-ring (bicyclic) bond motifs is 10. The number of benzene rings is 10. The average Bonchev–Trinajstić information content (AvgIpc) is 3.90. The first-order chi connectivity index (χ1) is 32.2. The maximum Gasteiger partial charge on any atom is 0.0541 e. The molecule has 2 heteroatoms. The van der Waals surface area contributed by atoms with Crippen molar-refractivity contribution in [1.82, 2.24) is 4.57 Å². The summed E-state index contributed by atoms with van der Waals surface area (Å²) in [6.07, 6.45) is 0. The zero-order chi connectivity index (χ0) is 44.3. The van der Waals surface area contributed by atoms with Crippen molar-refractivity contribution < 1.29 is 0 Å². The van der Waals surface area contributed by atoms with Crippen molar-refractivity contribution in [3.05, 3.63) is 241 Å². The van der Waals surface area contributed by atoms with Crippen molar-refractivity contribution in [2.24, 2.45) is 0 Å². The van der Waals surface area contributed by atoms with Crippen LogP contribution in [0.2, 0.25) is 0 Å². The zero-order valence-electron chi connectivity index (χ0n) is 37.7. The molecule has 13 rings (SSSR count). The van der Waals surface area contributed by atoms with Crippen LogP contribution in [0.4, 0.5) is 17.1 Å². The average molecular weight is 845 g/mol. The van der Waals surface area contributed by atoms with E-state index in [9.17, 15) is 0 Å². The van der Waals surface area contributed by atoms with E-state index in [1.54, 1.807) is 0 Å². The van der Waals surface area contributed by atoms with Gasteiger partial charge in [0, 0.05) is 44.1 Å². The molecule has 0 aliphatic heterocycles. The molecule has 0 saturated heterocycles. The van der Waals surface area contributed by atoms with E-state index in [4.69, 9.17) is 0 Å². The SMILES string of the molecule is CC1(C)c2ccccc2-c2cc(N(c3cccc(-c4cccc(-c5ccc6c(c5)c5ccccc5n6-c5ccc6c(c5)-c5ccccc5C6(C)C)c4)c3)c3cccc4ccccc34)ccc21. The smallest absolute Gasteiger partial charge is 0.0541 e. The van der Waals surface area contributed by atoms with Crippen LogP contribution in [0.15, 0.2) is 218 Å². The van der Waals surface area contributed by atoms with Crippen molar-refractivity contribution in [1.29, 1.82) is 0 Å². The summed E-state index contributed by atoms with van der Waals surface area (Å²) < 4.78 is 2.45. The van der Waals surface area contributed by atoms with E-state index in [-0.39, 0.29) is 10.8 Å². The predicted molar refractivity (Wildman–Crippen MR) is 279 cm³/mol. The molecule has 1 heterocycles. The van der Waals surface area contributed by atoms with Crippen LogP contribution in [-0.4, -0.2) is 4.57 Å². The molecule has 2 aliphatic carbocycles. The zero-order valence-corrected chi connectivity index (χ0v) is 37.7. The fraction of sp³-hybridized carbons (Fsp3) is 0.0938. The van der Waals surface area contributed by atoms with Crippen LogP contribution >= 0.6 is 0 Å². The molecule has 0 spiro atoms. The van der Waals surface area contributed by atoms with E-state index < -0.39 is 0 Å². The fourth-order valence-electron chi connectivity index (χ4n) is 11.7. The summed E-state index contributed by atoms with van der Waals surface area (Å²) in [5, 5.41) is 4.95. The normalized spacial score (nSPS) is 14.0. The van der Waals surface area contributed by atoms with Crippen LogP contribution in [-0.2, 0) is 10.8 Å². The Labute approximate surface area is 386 Å². The van der Waals surface area contributed by atoms with Crippen LogP contribution < -0.4 is 4.90 Å². The lowest BCUT2D eigenvalue weighted by Crippen LogP contribution is -2.15. The molecule has 0 fully saturated rings. The first-order valence-corrected chi connectivity index (χ1v) is 23.3. The minimum atomic E-state index is -0.0612. The van der Waals surface area contributed by atoms with E-state index in [1.807, 2.05) is 0 Å². The molecular weight excluding hydrogens is 797 g/mol. The summed E-state index contributed by atoms with van der Waals surface area (Å²) in [5.41, 5.74) is 22.5. The minimum absolute atomic E-state index is 0.0285. The summed E-state index contributed by atoms with van der Waals surface area (Å²) in [5.74, 6) is 0. The van der Waals surface area contributed by atoms with Crippen LogP contribution in [0.1, 0.15) is 49.9 Å². The quantitative estimate of drug-likeness (QED) is 0.162. The molecule has 2 aliphatic rings.